The van der Waals surface area contributed by atoms with Crippen molar-refractivity contribution in [2.24, 2.45) is 0 Å². The number of hydrogen-bond donors (Lipinski definition) is 2. The topological polar surface area (TPSA) is 80.0 Å². The van der Waals surface area contributed by atoms with Gasteiger partial charge < -0.3 is 5.11 Å². The highest BCUT2D eigenvalue weighted by Crippen LogP contribution is 2.42. The molecule has 136 valence electrons. The number of carbonyl (C=O) groups excluding carboxylic acids is 1. The number of imidazole rings is 1. The molecular formula is C16H19ClF2N4O2. The average Bonchev–Trinajstić information content (AvgIpc) is 2.81. The number of aliphatic hydroxyl groups is 1. The molecule has 0 bridgehead atoms. The molecule has 1 saturated carbocycles. The number of carbonyl (C=O) groups is 1. The predicted octanol–water partition coefficient (Wildman–Crippen LogP) is 3.33. The van der Waals surface area contributed by atoms with E-state index in [1.54, 1.807) is 16.7 Å². The average molecular weight is 373 g/mol. The van der Waals surface area contributed by atoms with Crippen molar-refractivity contribution in [2.75, 3.05) is 5.32 Å². The second kappa shape index (κ2) is 6.17. The Bertz CT molecular complexity index is 818. The van der Waals surface area contributed by atoms with E-state index in [-0.39, 0.29) is 11.5 Å². The molecule has 0 radical (unpaired) electrons. The van der Waals surface area contributed by atoms with Crippen LogP contribution in [-0.2, 0) is 10.3 Å². The molecule has 1 atom stereocenters. The number of amides is 1. The fraction of sp³-hybridized carbons (Fsp3) is 0.562. The first-order valence-corrected chi connectivity index (χ1v) is 8.36. The van der Waals surface area contributed by atoms with Gasteiger partial charge in [0.15, 0.2) is 5.65 Å². The molecule has 2 heterocycles. The summed E-state index contributed by atoms with van der Waals surface area (Å²) in [6.45, 7) is 2.94. The second-order valence-corrected chi connectivity index (χ2v) is 7.37. The van der Waals surface area contributed by atoms with Crippen LogP contribution in [0.25, 0.3) is 11.2 Å². The fourth-order valence-electron chi connectivity index (χ4n) is 3.01. The van der Waals surface area contributed by atoms with Gasteiger partial charge >= 0.3 is 0 Å². The zero-order valence-corrected chi connectivity index (χ0v) is 14.6. The highest BCUT2D eigenvalue weighted by molar-refractivity contribution is 6.29. The van der Waals surface area contributed by atoms with Crippen LogP contribution in [0, 0.1) is 0 Å². The van der Waals surface area contributed by atoms with Gasteiger partial charge in [0.05, 0.1) is 6.42 Å². The molecular weight excluding hydrogens is 354 g/mol. The molecule has 1 aliphatic carbocycles. The molecule has 3 rings (SSSR count). The summed E-state index contributed by atoms with van der Waals surface area (Å²) in [6, 6.07) is 3.28. The lowest BCUT2D eigenvalue weighted by molar-refractivity contribution is -0.130. The number of halogens is 3. The van der Waals surface area contributed by atoms with E-state index in [1.807, 2.05) is 6.92 Å². The molecule has 1 amide bonds. The van der Waals surface area contributed by atoms with Gasteiger partial charge in [-0.3, -0.25) is 14.7 Å². The number of alkyl halides is 2. The molecule has 25 heavy (non-hydrogen) atoms. The van der Waals surface area contributed by atoms with E-state index in [0.29, 0.717) is 16.3 Å². The van der Waals surface area contributed by atoms with Crippen molar-refractivity contribution in [3.8, 4) is 0 Å². The van der Waals surface area contributed by atoms with Gasteiger partial charge in [-0.05, 0) is 45.2 Å². The van der Waals surface area contributed by atoms with Gasteiger partial charge in [0.1, 0.15) is 16.3 Å². The van der Waals surface area contributed by atoms with Crippen LogP contribution in [0.1, 0.15) is 39.5 Å². The SMILES string of the molecule is CC(O)(CC(=O)Nc1nc2ccc(Cl)nc2n1C1(C)CCC1)C(F)F. The first-order chi connectivity index (χ1) is 11.6. The number of pyridine rings is 1. The molecule has 0 spiro atoms. The summed E-state index contributed by atoms with van der Waals surface area (Å²) in [7, 11) is 0. The number of nitrogens with one attached hydrogen (secondary N) is 1. The van der Waals surface area contributed by atoms with Gasteiger partial charge in [0, 0.05) is 5.54 Å². The Morgan fingerprint density at radius 2 is 2.16 bits per heavy atom. The van der Waals surface area contributed by atoms with Crippen LogP contribution in [0.2, 0.25) is 5.15 Å². The van der Waals surface area contributed by atoms with Crippen molar-refractivity contribution in [1.82, 2.24) is 14.5 Å². The quantitative estimate of drug-likeness (QED) is 0.789. The Labute approximate surface area is 148 Å². The Hall–Kier alpha value is -1.80. The van der Waals surface area contributed by atoms with E-state index in [4.69, 9.17) is 11.6 Å². The van der Waals surface area contributed by atoms with Crippen LogP contribution in [0.5, 0.6) is 0 Å². The Morgan fingerprint density at radius 3 is 2.72 bits per heavy atom. The Kier molecular flexibility index (Phi) is 4.45. The number of anilines is 1. The third-order valence-corrected chi connectivity index (χ3v) is 4.89. The third kappa shape index (κ3) is 3.32. The van der Waals surface area contributed by atoms with Gasteiger partial charge in [0.25, 0.3) is 6.43 Å². The maximum atomic E-state index is 12.8. The number of fused-ring (bicyclic) bond motifs is 1. The van der Waals surface area contributed by atoms with Crippen LogP contribution >= 0.6 is 11.6 Å². The summed E-state index contributed by atoms with van der Waals surface area (Å²) >= 11 is 5.98. The predicted molar refractivity (Wildman–Crippen MR) is 89.9 cm³/mol. The van der Waals surface area contributed by atoms with Gasteiger partial charge in [-0.25, -0.2) is 18.7 Å². The summed E-state index contributed by atoms with van der Waals surface area (Å²) in [5.74, 6) is -0.516. The number of rotatable bonds is 5. The molecule has 1 unspecified atom stereocenters. The van der Waals surface area contributed by atoms with Crippen molar-refractivity contribution in [2.45, 2.75) is 57.1 Å². The van der Waals surface area contributed by atoms with Crippen LogP contribution in [0.15, 0.2) is 12.1 Å². The highest BCUT2D eigenvalue weighted by atomic mass is 35.5. The summed E-state index contributed by atoms with van der Waals surface area (Å²) in [5.41, 5.74) is -1.59. The lowest BCUT2D eigenvalue weighted by Gasteiger charge is -2.40. The van der Waals surface area contributed by atoms with E-state index in [9.17, 15) is 18.7 Å². The standard InChI is InChI=1S/C16H19ClF2N4O2/c1-15(6-3-7-15)23-12-9(4-5-10(17)21-12)20-14(23)22-11(24)8-16(2,25)13(18)19/h4-5,13,25H,3,6-8H2,1-2H3,(H,20,22,24). The van der Waals surface area contributed by atoms with Gasteiger partial charge in [0.2, 0.25) is 11.9 Å². The molecule has 2 N–H and O–H groups in total. The van der Waals surface area contributed by atoms with E-state index in [1.165, 1.54) is 0 Å². The first-order valence-electron chi connectivity index (χ1n) is 7.98. The summed E-state index contributed by atoms with van der Waals surface area (Å²) in [6.07, 6.45) is -0.973. The minimum absolute atomic E-state index is 0.224. The molecule has 0 saturated heterocycles. The highest BCUT2D eigenvalue weighted by Gasteiger charge is 2.39. The molecule has 1 aliphatic rings. The first kappa shape index (κ1) is 18.0. The zero-order valence-electron chi connectivity index (χ0n) is 13.9. The van der Waals surface area contributed by atoms with E-state index < -0.39 is 24.4 Å². The molecule has 6 nitrogen and oxygen atoms in total. The van der Waals surface area contributed by atoms with Crippen molar-refractivity contribution >= 4 is 34.6 Å². The second-order valence-electron chi connectivity index (χ2n) is 6.98. The van der Waals surface area contributed by atoms with E-state index in [0.717, 1.165) is 26.2 Å². The number of nitrogens with zero attached hydrogens (tertiary/aromatic N) is 3. The molecule has 2 aromatic rings. The lowest BCUT2D eigenvalue weighted by atomic mass is 9.78. The monoisotopic (exact) mass is 372 g/mol. The normalized spacial score (nSPS) is 18.8. The van der Waals surface area contributed by atoms with Crippen molar-refractivity contribution in [1.29, 1.82) is 0 Å². The Balaban J connectivity index is 1.96. The summed E-state index contributed by atoms with van der Waals surface area (Å²) < 4.78 is 27.4. The molecule has 0 aliphatic heterocycles. The lowest BCUT2D eigenvalue weighted by Crippen LogP contribution is -2.40. The zero-order chi connectivity index (χ0) is 18.4. The van der Waals surface area contributed by atoms with E-state index in [2.05, 4.69) is 15.3 Å². The number of hydrogen-bond acceptors (Lipinski definition) is 4. The van der Waals surface area contributed by atoms with E-state index >= 15 is 0 Å². The largest absolute Gasteiger partial charge is 0.384 e. The fourth-order valence-corrected chi connectivity index (χ4v) is 3.16. The molecule has 2 aromatic heterocycles. The van der Waals surface area contributed by atoms with Gasteiger partial charge in [-0.15, -0.1) is 0 Å². The van der Waals surface area contributed by atoms with Crippen LogP contribution in [0.3, 0.4) is 0 Å². The van der Waals surface area contributed by atoms with Gasteiger partial charge in [-0.2, -0.15) is 0 Å². The van der Waals surface area contributed by atoms with Crippen LogP contribution in [-0.4, -0.2) is 37.6 Å². The van der Waals surface area contributed by atoms with Crippen molar-refractivity contribution < 1.29 is 18.7 Å². The maximum Gasteiger partial charge on any atom is 0.267 e. The Morgan fingerprint density at radius 1 is 1.48 bits per heavy atom. The third-order valence-electron chi connectivity index (χ3n) is 4.68. The maximum absolute atomic E-state index is 12.8. The smallest absolute Gasteiger partial charge is 0.267 e. The van der Waals surface area contributed by atoms with Crippen molar-refractivity contribution in [3.63, 3.8) is 0 Å². The summed E-state index contributed by atoms with van der Waals surface area (Å²) in [5, 5.41) is 12.5. The van der Waals surface area contributed by atoms with Gasteiger partial charge in [-0.1, -0.05) is 11.6 Å². The van der Waals surface area contributed by atoms with Crippen LogP contribution < -0.4 is 5.32 Å². The van der Waals surface area contributed by atoms with Crippen molar-refractivity contribution in [3.05, 3.63) is 17.3 Å². The van der Waals surface area contributed by atoms with Crippen LogP contribution in [0.4, 0.5) is 14.7 Å². The summed E-state index contributed by atoms with van der Waals surface area (Å²) in [4.78, 5) is 20.8. The molecule has 1 fully saturated rings. The minimum atomic E-state index is -3.03. The molecule has 9 heteroatoms. The minimum Gasteiger partial charge on any atom is -0.384 e. The molecule has 0 aromatic carbocycles. The number of aromatic nitrogens is 3.